The lowest BCUT2D eigenvalue weighted by atomic mass is 10.0. The summed E-state index contributed by atoms with van der Waals surface area (Å²) in [6, 6.07) is 8.20. The lowest BCUT2D eigenvalue weighted by molar-refractivity contribution is -0.124. The summed E-state index contributed by atoms with van der Waals surface area (Å²) in [5.74, 6) is 0.189. The van der Waals surface area contributed by atoms with Crippen LogP contribution in [0.4, 0.5) is 0 Å². The van der Waals surface area contributed by atoms with Crippen molar-refractivity contribution in [2.75, 3.05) is 7.11 Å². The first-order chi connectivity index (χ1) is 12.7. The Hall–Kier alpha value is -2.34. The van der Waals surface area contributed by atoms with E-state index in [1.807, 2.05) is 20.8 Å². The Morgan fingerprint density at radius 2 is 1.67 bits per heavy atom. The molecule has 0 bridgehead atoms. The van der Waals surface area contributed by atoms with Gasteiger partial charge < -0.3 is 15.4 Å². The molecule has 1 aromatic carbocycles. The maximum absolute atomic E-state index is 12.8. The Bertz CT molecular complexity index is 796. The summed E-state index contributed by atoms with van der Waals surface area (Å²) >= 11 is 1.72. The Kier molecular flexibility index (Phi) is 7.02. The van der Waals surface area contributed by atoms with Crippen LogP contribution >= 0.6 is 11.3 Å². The highest BCUT2D eigenvalue weighted by Crippen LogP contribution is 2.26. The molecule has 6 heteroatoms. The summed E-state index contributed by atoms with van der Waals surface area (Å²) in [7, 11) is 1.58. The van der Waals surface area contributed by atoms with Crippen molar-refractivity contribution in [3.8, 4) is 5.75 Å². The molecule has 0 fully saturated rings. The number of rotatable bonds is 7. The van der Waals surface area contributed by atoms with E-state index in [1.165, 1.54) is 9.75 Å². The highest BCUT2D eigenvalue weighted by molar-refractivity contribution is 7.12. The molecule has 2 atom stereocenters. The van der Waals surface area contributed by atoms with Gasteiger partial charge in [-0.15, -0.1) is 11.3 Å². The number of hydrogen-bond acceptors (Lipinski definition) is 4. The molecule has 0 aliphatic heterocycles. The summed E-state index contributed by atoms with van der Waals surface area (Å²) in [4.78, 5) is 27.8. The minimum atomic E-state index is -0.609. The van der Waals surface area contributed by atoms with Crippen molar-refractivity contribution in [1.82, 2.24) is 10.6 Å². The number of nitrogens with one attached hydrogen (secondary N) is 2. The van der Waals surface area contributed by atoms with E-state index in [1.54, 1.807) is 42.7 Å². The fourth-order valence-corrected chi connectivity index (χ4v) is 3.99. The molecule has 2 N–H and O–H groups in total. The monoisotopic (exact) mass is 388 g/mol. The molecule has 1 aromatic heterocycles. The Morgan fingerprint density at radius 1 is 1.04 bits per heavy atom. The van der Waals surface area contributed by atoms with Gasteiger partial charge in [0, 0.05) is 15.3 Å². The van der Waals surface area contributed by atoms with Crippen LogP contribution in [0.2, 0.25) is 0 Å². The molecule has 146 valence electrons. The van der Waals surface area contributed by atoms with Gasteiger partial charge in [-0.1, -0.05) is 13.8 Å². The predicted octanol–water partition coefficient (Wildman–Crippen LogP) is 4.01. The molecule has 0 aliphatic carbocycles. The highest BCUT2D eigenvalue weighted by Gasteiger charge is 2.26. The number of thiophene rings is 1. The summed E-state index contributed by atoms with van der Waals surface area (Å²) in [5.41, 5.74) is 1.61. The van der Waals surface area contributed by atoms with E-state index in [2.05, 4.69) is 30.5 Å². The van der Waals surface area contributed by atoms with Crippen molar-refractivity contribution in [3.05, 3.63) is 51.2 Å². The first kappa shape index (κ1) is 21.0. The van der Waals surface area contributed by atoms with E-state index < -0.39 is 6.04 Å². The van der Waals surface area contributed by atoms with Gasteiger partial charge in [-0.3, -0.25) is 9.59 Å². The zero-order valence-corrected chi connectivity index (χ0v) is 17.6. The van der Waals surface area contributed by atoms with Crippen molar-refractivity contribution in [3.63, 3.8) is 0 Å². The molecular formula is C21H28N2O3S. The second kappa shape index (κ2) is 9.04. The van der Waals surface area contributed by atoms with Crippen LogP contribution < -0.4 is 15.4 Å². The van der Waals surface area contributed by atoms with E-state index in [-0.39, 0.29) is 23.8 Å². The number of carbonyl (C=O) groups excluding carboxylic acids is 2. The molecule has 27 heavy (non-hydrogen) atoms. The van der Waals surface area contributed by atoms with Crippen LogP contribution in [-0.4, -0.2) is 25.0 Å². The molecule has 2 aromatic rings. The third-order valence-electron chi connectivity index (χ3n) is 4.49. The largest absolute Gasteiger partial charge is 0.497 e. The van der Waals surface area contributed by atoms with Gasteiger partial charge in [-0.25, -0.2) is 0 Å². The van der Waals surface area contributed by atoms with Gasteiger partial charge in [0.15, 0.2) is 0 Å². The van der Waals surface area contributed by atoms with Crippen molar-refractivity contribution >= 4 is 23.2 Å². The number of aryl methyl sites for hydroxylation is 2. The van der Waals surface area contributed by atoms with Crippen molar-refractivity contribution in [1.29, 1.82) is 0 Å². The number of methoxy groups -OCH3 is 1. The van der Waals surface area contributed by atoms with Gasteiger partial charge in [0.1, 0.15) is 11.8 Å². The Morgan fingerprint density at radius 3 is 2.15 bits per heavy atom. The van der Waals surface area contributed by atoms with Crippen LogP contribution in [0.25, 0.3) is 0 Å². The molecule has 2 rings (SSSR count). The normalized spacial score (nSPS) is 13.1. The lowest BCUT2D eigenvalue weighted by Crippen LogP contribution is -2.50. The zero-order valence-electron chi connectivity index (χ0n) is 16.8. The van der Waals surface area contributed by atoms with Gasteiger partial charge >= 0.3 is 0 Å². The van der Waals surface area contributed by atoms with E-state index in [0.29, 0.717) is 11.3 Å². The molecule has 2 amide bonds. The number of amides is 2. The highest BCUT2D eigenvalue weighted by atomic mass is 32.1. The molecule has 0 saturated heterocycles. The van der Waals surface area contributed by atoms with Crippen LogP contribution in [0.15, 0.2) is 30.3 Å². The molecule has 1 heterocycles. The van der Waals surface area contributed by atoms with Gasteiger partial charge in [0.05, 0.1) is 13.2 Å². The Balaban J connectivity index is 2.07. The molecule has 0 radical (unpaired) electrons. The van der Waals surface area contributed by atoms with E-state index in [4.69, 9.17) is 4.74 Å². The van der Waals surface area contributed by atoms with Gasteiger partial charge in [0.2, 0.25) is 5.91 Å². The molecule has 0 spiro atoms. The maximum atomic E-state index is 12.8. The van der Waals surface area contributed by atoms with Crippen LogP contribution in [0, 0.1) is 19.8 Å². The number of ether oxygens (including phenoxy) is 1. The SMILES string of the molecule is COc1ccc(C(=O)NC(C(=O)NC(C)c2cc(C)sc2C)C(C)C)cc1. The first-order valence-electron chi connectivity index (χ1n) is 9.05. The molecule has 2 unspecified atom stereocenters. The van der Waals surface area contributed by atoms with Crippen molar-refractivity contribution in [2.45, 2.75) is 46.7 Å². The summed E-state index contributed by atoms with van der Waals surface area (Å²) in [5, 5.41) is 5.90. The third kappa shape index (κ3) is 5.32. The predicted molar refractivity (Wildman–Crippen MR) is 109 cm³/mol. The maximum Gasteiger partial charge on any atom is 0.251 e. The topological polar surface area (TPSA) is 67.4 Å². The minimum absolute atomic E-state index is 0.0373. The molecular weight excluding hydrogens is 360 g/mol. The van der Waals surface area contributed by atoms with Crippen LogP contribution in [0.5, 0.6) is 5.75 Å². The number of hydrogen-bond donors (Lipinski definition) is 2. The standard InChI is InChI=1S/C21H28N2O3S/c1-12(2)19(23-20(24)16-7-9-17(26-6)10-8-16)21(25)22-14(4)18-11-13(3)27-15(18)5/h7-12,14,19H,1-6H3,(H,22,25)(H,23,24). The summed E-state index contributed by atoms with van der Waals surface area (Å²) in [6.45, 7) is 9.92. The molecule has 5 nitrogen and oxygen atoms in total. The number of benzene rings is 1. The van der Waals surface area contributed by atoms with E-state index in [0.717, 1.165) is 5.56 Å². The zero-order chi connectivity index (χ0) is 20.1. The second-order valence-electron chi connectivity index (χ2n) is 7.02. The third-order valence-corrected chi connectivity index (χ3v) is 5.47. The quantitative estimate of drug-likeness (QED) is 0.753. The molecule has 0 saturated carbocycles. The Labute approximate surface area is 165 Å². The van der Waals surface area contributed by atoms with Gasteiger partial charge in [-0.2, -0.15) is 0 Å². The fraction of sp³-hybridized carbons (Fsp3) is 0.429. The second-order valence-corrected chi connectivity index (χ2v) is 8.48. The summed E-state index contributed by atoms with van der Waals surface area (Å²) < 4.78 is 5.11. The smallest absolute Gasteiger partial charge is 0.251 e. The lowest BCUT2D eigenvalue weighted by Gasteiger charge is -2.24. The first-order valence-corrected chi connectivity index (χ1v) is 9.86. The minimum Gasteiger partial charge on any atom is -0.497 e. The molecule has 0 aliphatic rings. The van der Waals surface area contributed by atoms with Crippen LogP contribution in [0.1, 0.15) is 52.5 Å². The summed E-state index contributed by atoms with van der Waals surface area (Å²) in [6.07, 6.45) is 0. The fourth-order valence-electron chi connectivity index (χ4n) is 2.96. The van der Waals surface area contributed by atoms with Crippen LogP contribution in [-0.2, 0) is 4.79 Å². The number of carbonyl (C=O) groups is 2. The average molecular weight is 389 g/mol. The van der Waals surface area contributed by atoms with Crippen molar-refractivity contribution < 1.29 is 14.3 Å². The van der Waals surface area contributed by atoms with Gasteiger partial charge in [0.25, 0.3) is 5.91 Å². The van der Waals surface area contributed by atoms with Crippen LogP contribution in [0.3, 0.4) is 0 Å². The van der Waals surface area contributed by atoms with E-state index >= 15 is 0 Å². The average Bonchev–Trinajstić information content (AvgIpc) is 2.97. The van der Waals surface area contributed by atoms with Crippen molar-refractivity contribution in [2.24, 2.45) is 5.92 Å². The van der Waals surface area contributed by atoms with E-state index in [9.17, 15) is 9.59 Å². The van der Waals surface area contributed by atoms with Gasteiger partial charge in [-0.05, 0) is 62.6 Å².